The molecule has 2 fully saturated rings. The van der Waals surface area contributed by atoms with Gasteiger partial charge in [0.2, 0.25) is 0 Å². The summed E-state index contributed by atoms with van der Waals surface area (Å²) in [5.74, 6) is 1.49. The van der Waals surface area contributed by atoms with Crippen molar-refractivity contribution in [3.8, 4) is 0 Å². The highest BCUT2D eigenvalue weighted by atomic mass is 16.1. The normalized spacial score (nSPS) is 36.1. The molecule has 0 aromatic rings. The fourth-order valence-electron chi connectivity index (χ4n) is 3.90. The van der Waals surface area contributed by atoms with Gasteiger partial charge in [0, 0.05) is 38.0 Å². The quantitative estimate of drug-likeness (QED) is 0.783. The standard InChI is InChI=1S/C16H30N2O/c1-12-9-18(11-14(12)17(4)5)10-13-8-16(2,3)7-6-15(13)19/h12-14H,6-11H2,1-5H3. The predicted molar refractivity (Wildman–Crippen MR) is 79.2 cm³/mol. The maximum absolute atomic E-state index is 12.1. The molecule has 1 aliphatic carbocycles. The minimum atomic E-state index is 0.275. The molecule has 0 aromatic heterocycles. The number of nitrogens with zero attached hydrogens (tertiary/aromatic N) is 2. The molecule has 0 amide bonds. The molecule has 0 bridgehead atoms. The van der Waals surface area contributed by atoms with Crippen molar-refractivity contribution in [3.63, 3.8) is 0 Å². The average Bonchev–Trinajstić information content (AvgIpc) is 2.65. The number of hydrogen-bond donors (Lipinski definition) is 0. The van der Waals surface area contributed by atoms with E-state index in [1.807, 2.05) is 0 Å². The van der Waals surface area contributed by atoms with Crippen LogP contribution in [0.5, 0.6) is 0 Å². The highest BCUT2D eigenvalue weighted by molar-refractivity contribution is 5.82. The van der Waals surface area contributed by atoms with Crippen LogP contribution in [0.25, 0.3) is 0 Å². The van der Waals surface area contributed by atoms with Crippen LogP contribution in [0.1, 0.15) is 40.0 Å². The number of ketones is 1. The Morgan fingerprint density at radius 1 is 1.32 bits per heavy atom. The lowest BCUT2D eigenvalue weighted by molar-refractivity contribution is -0.127. The van der Waals surface area contributed by atoms with Crippen molar-refractivity contribution in [2.45, 2.75) is 46.1 Å². The van der Waals surface area contributed by atoms with Gasteiger partial charge < -0.3 is 9.80 Å². The first-order valence-corrected chi connectivity index (χ1v) is 7.70. The second-order valence-electron chi connectivity index (χ2n) is 7.76. The van der Waals surface area contributed by atoms with E-state index in [1.165, 1.54) is 0 Å². The van der Waals surface area contributed by atoms with Crippen molar-refractivity contribution in [3.05, 3.63) is 0 Å². The van der Waals surface area contributed by atoms with Gasteiger partial charge in [-0.1, -0.05) is 20.8 Å². The molecule has 3 heteroatoms. The summed E-state index contributed by atoms with van der Waals surface area (Å²) in [6, 6.07) is 0.645. The van der Waals surface area contributed by atoms with Gasteiger partial charge in [0.05, 0.1) is 0 Å². The van der Waals surface area contributed by atoms with E-state index in [4.69, 9.17) is 0 Å². The molecule has 0 spiro atoms. The van der Waals surface area contributed by atoms with Gasteiger partial charge in [0.15, 0.2) is 0 Å². The van der Waals surface area contributed by atoms with E-state index >= 15 is 0 Å². The summed E-state index contributed by atoms with van der Waals surface area (Å²) in [6.45, 7) is 10.2. The Labute approximate surface area is 118 Å². The zero-order valence-electron chi connectivity index (χ0n) is 13.3. The zero-order valence-corrected chi connectivity index (χ0v) is 13.3. The molecule has 1 saturated carbocycles. The van der Waals surface area contributed by atoms with Crippen LogP contribution >= 0.6 is 0 Å². The van der Waals surface area contributed by atoms with Gasteiger partial charge in [-0.3, -0.25) is 4.79 Å². The lowest BCUT2D eigenvalue weighted by atomic mass is 9.71. The lowest BCUT2D eigenvalue weighted by Crippen LogP contribution is -2.39. The van der Waals surface area contributed by atoms with E-state index < -0.39 is 0 Å². The molecule has 1 saturated heterocycles. The third-order valence-electron chi connectivity index (χ3n) is 5.09. The first kappa shape index (κ1) is 15.0. The van der Waals surface area contributed by atoms with Crippen LogP contribution in [0.4, 0.5) is 0 Å². The minimum Gasteiger partial charge on any atom is -0.305 e. The van der Waals surface area contributed by atoms with Gasteiger partial charge in [-0.05, 0) is 38.3 Å². The van der Waals surface area contributed by atoms with Crippen LogP contribution in [0.2, 0.25) is 0 Å². The van der Waals surface area contributed by atoms with Gasteiger partial charge in [-0.15, -0.1) is 0 Å². The topological polar surface area (TPSA) is 23.6 Å². The van der Waals surface area contributed by atoms with Crippen molar-refractivity contribution < 1.29 is 4.79 Å². The summed E-state index contributed by atoms with van der Waals surface area (Å²) < 4.78 is 0. The van der Waals surface area contributed by atoms with Crippen LogP contribution in [-0.2, 0) is 4.79 Å². The maximum atomic E-state index is 12.1. The van der Waals surface area contributed by atoms with Crippen molar-refractivity contribution in [2.24, 2.45) is 17.3 Å². The van der Waals surface area contributed by atoms with E-state index in [9.17, 15) is 4.79 Å². The largest absolute Gasteiger partial charge is 0.305 e. The summed E-state index contributed by atoms with van der Waals surface area (Å²) in [5.41, 5.74) is 0.352. The molecule has 3 nitrogen and oxygen atoms in total. The SMILES string of the molecule is CC1CN(CC2CC(C)(C)CCC2=O)CC1N(C)C. The Balaban J connectivity index is 1.92. The zero-order chi connectivity index (χ0) is 14.2. The first-order chi connectivity index (χ1) is 8.78. The van der Waals surface area contributed by atoms with Crippen LogP contribution in [0.3, 0.4) is 0 Å². The summed E-state index contributed by atoms with van der Waals surface area (Å²) in [6.07, 6.45) is 2.93. The number of Topliss-reactive ketones (excluding diaryl/α,β-unsaturated/α-hetero) is 1. The fraction of sp³-hybridized carbons (Fsp3) is 0.938. The minimum absolute atomic E-state index is 0.275. The van der Waals surface area contributed by atoms with E-state index in [0.717, 1.165) is 38.9 Å². The molecule has 3 atom stereocenters. The smallest absolute Gasteiger partial charge is 0.137 e. The van der Waals surface area contributed by atoms with Crippen LogP contribution in [0.15, 0.2) is 0 Å². The summed E-state index contributed by atoms with van der Waals surface area (Å²) in [7, 11) is 4.33. The Morgan fingerprint density at radius 3 is 2.58 bits per heavy atom. The van der Waals surface area contributed by atoms with Crippen LogP contribution in [0, 0.1) is 17.3 Å². The monoisotopic (exact) mass is 266 g/mol. The molecule has 1 aliphatic heterocycles. The van der Waals surface area contributed by atoms with E-state index in [1.54, 1.807) is 0 Å². The van der Waals surface area contributed by atoms with Crippen LogP contribution < -0.4 is 0 Å². The molecule has 19 heavy (non-hydrogen) atoms. The third-order valence-corrected chi connectivity index (χ3v) is 5.09. The lowest BCUT2D eigenvalue weighted by Gasteiger charge is -2.36. The van der Waals surface area contributed by atoms with E-state index in [2.05, 4.69) is 44.7 Å². The van der Waals surface area contributed by atoms with Crippen molar-refractivity contribution in [1.82, 2.24) is 9.80 Å². The number of carbonyl (C=O) groups is 1. The molecule has 0 aromatic carbocycles. The molecule has 0 radical (unpaired) electrons. The molecular weight excluding hydrogens is 236 g/mol. The van der Waals surface area contributed by atoms with Gasteiger partial charge in [-0.25, -0.2) is 0 Å². The molecule has 0 N–H and O–H groups in total. The molecule has 1 heterocycles. The summed E-state index contributed by atoms with van der Waals surface area (Å²) in [4.78, 5) is 17.0. The summed E-state index contributed by atoms with van der Waals surface area (Å²) >= 11 is 0. The highest BCUT2D eigenvalue weighted by Crippen LogP contribution is 2.37. The Hall–Kier alpha value is -0.410. The third kappa shape index (κ3) is 3.57. The van der Waals surface area contributed by atoms with Gasteiger partial charge in [0.1, 0.15) is 5.78 Å². The van der Waals surface area contributed by atoms with Crippen molar-refractivity contribution in [1.29, 1.82) is 0 Å². The first-order valence-electron chi connectivity index (χ1n) is 7.70. The Morgan fingerprint density at radius 2 is 2.00 bits per heavy atom. The number of likely N-dealkylation sites (N-methyl/N-ethyl adjacent to an activating group) is 1. The second kappa shape index (κ2) is 5.53. The maximum Gasteiger partial charge on any atom is 0.137 e. The average molecular weight is 266 g/mol. The molecule has 2 aliphatic rings. The van der Waals surface area contributed by atoms with Gasteiger partial charge in [0.25, 0.3) is 0 Å². The van der Waals surface area contributed by atoms with Gasteiger partial charge >= 0.3 is 0 Å². The fourth-order valence-corrected chi connectivity index (χ4v) is 3.90. The van der Waals surface area contributed by atoms with Crippen molar-refractivity contribution in [2.75, 3.05) is 33.7 Å². The van der Waals surface area contributed by atoms with E-state index in [0.29, 0.717) is 23.2 Å². The van der Waals surface area contributed by atoms with Crippen molar-refractivity contribution >= 4 is 5.78 Å². The molecular formula is C16H30N2O. The number of carbonyl (C=O) groups excluding carboxylic acids is 1. The second-order valence-corrected chi connectivity index (χ2v) is 7.76. The number of likely N-dealkylation sites (tertiary alicyclic amines) is 1. The predicted octanol–water partition coefficient (Wildman–Crippen LogP) is 2.26. The Kier molecular flexibility index (Phi) is 4.36. The molecule has 3 unspecified atom stereocenters. The summed E-state index contributed by atoms with van der Waals surface area (Å²) in [5, 5.41) is 0. The van der Waals surface area contributed by atoms with E-state index in [-0.39, 0.29) is 5.92 Å². The van der Waals surface area contributed by atoms with Gasteiger partial charge in [-0.2, -0.15) is 0 Å². The molecule has 110 valence electrons. The highest BCUT2D eigenvalue weighted by Gasteiger charge is 2.37. The van der Waals surface area contributed by atoms with Crippen LogP contribution in [-0.4, -0.2) is 55.4 Å². The number of hydrogen-bond acceptors (Lipinski definition) is 3. The molecule has 2 rings (SSSR count). The Bertz CT molecular complexity index is 338. The number of rotatable bonds is 3.